The lowest BCUT2D eigenvalue weighted by Gasteiger charge is -2.62. The van der Waals surface area contributed by atoms with E-state index in [0.717, 1.165) is 0 Å². The molecule has 50 heavy (non-hydrogen) atoms. The van der Waals surface area contributed by atoms with Crippen LogP contribution in [0, 0.1) is 42.9 Å². The molecule has 0 aromatic heterocycles. The van der Waals surface area contributed by atoms with Crippen LogP contribution in [0.1, 0.15) is 59.8 Å². The van der Waals surface area contributed by atoms with Gasteiger partial charge in [0.05, 0.1) is 18.6 Å². The Morgan fingerprint density at radius 2 is 1.82 bits per heavy atom. The zero-order valence-corrected chi connectivity index (χ0v) is 27.9. The van der Waals surface area contributed by atoms with Crippen LogP contribution in [0.3, 0.4) is 0 Å². The lowest BCUT2D eigenvalue weighted by atomic mass is 9.44. The number of rotatable bonds is 13. The number of ether oxygens (including phenoxy) is 4. The van der Waals surface area contributed by atoms with Crippen LogP contribution in [0.2, 0.25) is 0 Å². The van der Waals surface area contributed by atoms with Crippen molar-refractivity contribution in [2.24, 2.45) is 28.4 Å². The minimum Gasteiger partial charge on any atom is -0.462 e. The molecule has 3 saturated carbocycles. The molecule has 0 amide bonds. The maximum Gasteiger partial charge on any atom is 0.323 e. The number of alkyl halides is 1. The first-order valence-corrected chi connectivity index (χ1v) is 16.1. The highest BCUT2D eigenvalue weighted by Crippen LogP contribution is 2.72. The van der Waals surface area contributed by atoms with E-state index in [2.05, 4.69) is 9.68 Å². The first kappa shape index (κ1) is 37.2. The van der Waals surface area contributed by atoms with E-state index in [1.165, 1.54) is 18.2 Å². The number of nitrogens with two attached hydrogens (primary N) is 1. The molecule has 0 aromatic rings. The Labute approximate surface area is 284 Å². The summed E-state index contributed by atoms with van der Waals surface area (Å²) in [4.78, 5) is 80.6. The topological polar surface area (TPSA) is 256 Å². The average molecular weight is 714 g/mol. The monoisotopic (exact) mass is 713 g/mol. The number of carbonyl (C=O) groups excluding carboxylic acids is 4. The Bertz CT molecular complexity index is 1540. The van der Waals surface area contributed by atoms with Crippen molar-refractivity contribution in [3.63, 3.8) is 0 Å². The SMILES string of the molecule is CC1(C)O[C@@H]2C[C@H]3[C@@H]4CCC5=CC(=O)C=C[C@]5(C)[C@@]4(F)[C@@H](O)C[C@]3(C)[C@@]2(C(=O)COC(=O)CC(N)C(=O)OCC(CO[N+](=O)[O-])O[N+](=O)[O-])O1. The molecule has 19 heteroatoms. The zero-order valence-electron chi connectivity index (χ0n) is 27.9. The molecular weight excluding hydrogens is 673 g/mol. The molecule has 5 aliphatic rings. The van der Waals surface area contributed by atoms with E-state index in [4.69, 9.17) is 24.7 Å². The summed E-state index contributed by atoms with van der Waals surface area (Å²) in [5.74, 6) is -5.78. The number of aliphatic hydroxyl groups excluding tert-OH is 1. The predicted molar refractivity (Wildman–Crippen MR) is 161 cm³/mol. The van der Waals surface area contributed by atoms with Crippen LogP contribution in [0.15, 0.2) is 23.8 Å². The Balaban J connectivity index is 1.28. The van der Waals surface area contributed by atoms with Gasteiger partial charge < -0.3 is 39.5 Å². The number of aliphatic hydroxyl groups is 1. The highest BCUT2D eigenvalue weighted by Gasteiger charge is 2.80. The molecule has 1 aliphatic heterocycles. The fraction of sp³-hybridized carbons (Fsp3) is 0.742. The second kappa shape index (κ2) is 12.9. The first-order valence-electron chi connectivity index (χ1n) is 16.1. The van der Waals surface area contributed by atoms with Crippen molar-refractivity contribution in [3.05, 3.63) is 44.0 Å². The van der Waals surface area contributed by atoms with Crippen molar-refractivity contribution in [1.82, 2.24) is 0 Å². The third-order valence-corrected chi connectivity index (χ3v) is 11.1. The van der Waals surface area contributed by atoms with E-state index < -0.39 is 118 Å². The highest BCUT2D eigenvalue weighted by atomic mass is 19.1. The number of fused-ring (bicyclic) bond motifs is 7. The minimum absolute atomic E-state index is 0.199. The van der Waals surface area contributed by atoms with Gasteiger partial charge in [0.25, 0.3) is 10.2 Å². The number of Topliss-reactive ketones (excluding diaryl/α,β-unsaturated/α-hetero) is 1. The molecule has 0 bridgehead atoms. The number of ketones is 2. The van der Waals surface area contributed by atoms with Gasteiger partial charge in [0.1, 0.15) is 19.3 Å². The summed E-state index contributed by atoms with van der Waals surface area (Å²) < 4.78 is 40.2. The molecule has 1 saturated heterocycles. The third-order valence-electron chi connectivity index (χ3n) is 11.1. The molecule has 0 aromatic carbocycles. The van der Waals surface area contributed by atoms with Gasteiger partial charge in [-0.3, -0.25) is 19.2 Å². The summed E-state index contributed by atoms with van der Waals surface area (Å²) in [5, 5.41) is 30.2. The second-order valence-electron chi connectivity index (χ2n) is 14.3. The molecule has 10 atom stereocenters. The largest absolute Gasteiger partial charge is 0.462 e. The molecule has 0 spiro atoms. The van der Waals surface area contributed by atoms with Crippen molar-refractivity contribution < 1.29 is 67.5 Å². The van der Waals surface area contributed by atoms with Crippen LogP contribution in [-0.2, 0) is 47.8 Å². The lowest BCUT2D eigenvalue weighted by molar-refractivity contribution is -0.790. The van der Waals surface area contributed by atoms with E-state index in [0.29, 0.717) is 18.4 Å². The van der Waals surface area contributed by atoms with Gasteiger partial charge >= 0.3 is 11.9 Å². The van der Waals surface area contributed by atoms with Crippen molar-refractivity contribution in [2.45, 2.75) is 101 Å². The molecule has 4 aliphatic carbocycles. The number of hydrogen-bond donors (Lipinski definition) is 2. The van der Waals surface area contributed by atoms with E-state index >= 15 is 4.39 Å². The summed E-state index contributed by atoms with van der Waals surface area (Å²) >= 11 is 0. The first-order chi connectivity index (χ1) is 23.2. The van der Waals surface area contributed by atoms with Gasteiger partial charge in [0.15, 0.2) is 35.6 Å². The molecule has 276 valence electrons. The number of halogens is 1. The van der Waals surface area contributed by atoms with Gasteiger partial charge in [-0.15, -0.1) is 20.2 Å². The average Bonchev–Trinajstić information content (AvgIpc) is 3.43. The van der Waals surface area contributed by atoms with Gasteiger partial charge in [-0.1, -0.05) is 18.6 Å². The molecule has 18 nitrogen and oxygen atoms in total. The van der Waals surface area contributed by atoms with Crippen LogP contribution in [0.5, 0.6) is 0 Å². The van der Waals surface area contributed by atoms with Crippen molar-refractivity contribution in [2.75, 3.05) is 19.8 Å². The van der Waals surface area contributed by atoms with E-state index in [9.17, 15) is 44.5 Å². The normalized spacial score (nSPS) is 37.5. The Hall–Kier alpha value is -4.07. The summed E-state index contributed by atoms with van der Waals surface area (Å²) in [5.41, 5.74) is -0.0124. The van der Waals surface area contributed by atoms with Gasteiger partial charge in [-0.05, 0) is 64.5 Å². The molecule has 3 N–H and O–H groups in total. The van der Waals surface area contributed by atoms with Gasteiger partial charge in [0.2, 0.25) is 5.78 Å². The molecule has 5 rings (SSSR count). The van der Waals surface area contributed by atoms with Crippen LogP contribution in [0.4, 0.5) is 4.39 Å². The quantitative estimate of drug-likeness (QED) is 0.153. The van der Waals surface area contributed by atoms with E-state index in [-0.39, 0.29) is 18.6 Å². The van der Waals surface area contributed by atoms with Gasteiger partial charge in [0, 0.05) is 16.7 Å². The summed E-state index contributed by atoms with van der Waals surface area (Å²) in [7, 11) is 0. The molecule has 1 heterocycles. The fourth-order valence-corrected chi connectivity index (χ4v) is 9.04. The Morgan fingerprint density at radius 3 is 2.48 bits per heavy atom. The highest BCUT2D eigenvalue weighted by molar-refractivity contribution is 6.01. The third kappa shape index (κ3) is 6.02. The van der Waals surface area contributed by atoms with Crippen molar-refractivity contribution in [1.29, 1.82) is 0 Å². The molecular formula is C31H40FN3O15. The number of hydrogen-bond acceptors (Lipinski definition) is 16. The van der Waals surface area contributed by atoms with E-state index in [1.54, 1.807) is 27.7 Å². The molecule has 0 radical (unpaired) electrons. The predicted octanol–water partition coefficient (Wildman–Crippen LogP) is 1.02. The summed E-state index contributed by atoms with van der Waals surface area (Å²) in [6.45, 7) is 4.00. The number of nitrogens with zero attached hydrogens (tertiary/aromatic N) is 2. The minimum atomic E-state index is -2.16. The van der Waals surface area contributed by atoms with Crippen LogP contribution < -0.4 is 5.73 Å². The molecule has 4 fully saturated rings. The maximum absolute atomic E-state index is 17.6. The van der Waals surface area contributed by atoms with Crippen LogP contribution in [-0.4, -0.2) is 100 Å². The number of carbonyl (C=O) groups is 4. The lowest BCUT2D eigenvalue weighted by Crippen LogP contribution is -2.70. The standard InChI is InChI=1S/C31H40FN3O15/c1-27(2)48-24-10-20-19-6-5-16-9-17(36)7-8-28(16,3)30(19,32)22(37)12-29(20,4)31(24,50-27)23(38)15-45-25(39)11-21(33)26(40)46-13-18(49-35(43)44)14-47-34(41)42/h7-9,18-22,24,37H,5-6,10-15,33H2,1-4H3/t18?,19-,20-,21?,22-,24+,28-,29-,30-,31-/m0/s1. The zero-order chi connectivity index (χ0) is 37.0. The van der Waals surface area contributed by atoms with Crippen LogP contribution in [0.25, 0.3) is 0 Å². The molecule has 2 unspecified atom stereocenters. The van der Waals surface area contributed by atoms with Gasteiger partial charge in [-0.25, -0.2) is 4.39 Å². The van der Waals surface area contributed by atoms with Crippen molar-refractivity contribution in [3.8, 4) is 0 Å². The maximum atomic E-state index is 17.6. The number of esters is 2. The number of allylic oxidation sites excluding steroid dienone is 4. The fourth-order valence-electron chi connectivity index (χ4n) is 9.04. The van der Waals surface area contributed by atoms with Crippen LogP contribution >= 0.6 is 0 Å². The van der Waals surface area contributed by atoms with Gasteiger partial charge in [-0.2, -0.15) is 0 Å². The van der Waals surface area contributed by atoms with Crippen molar-refractivity contribution >= 4 is 23.5 Å². The summed E-state index contributed by atoms with van der Waals surface area (Å²) in [6, 6.07) is -1.66. The Kier molecular flexibility index (Phi) is 9.61. The summed E-state index contributed by atoms with van der Waals surface area (Å²) in [6.07, 6.45) is 0.100. The van der Waals surface area contributed by atoms with E-state index in [1.807, 2.05) is 0 Å². The second-order valence-corrected chi connectivity index (χ2v) is 14.3. The smallest absolute Gasteiger partial charge is 0.323 e. The Morgan fingerprint density at radius 1 is 1.12 bits per heavy atom.